The normalized spacial score (nSPS) is 16.8. The highest BCUT2D eigenvalue weighted by Crippen LogP contribution is 2.04. The van der Waals surface area contributed by atoms with Crippen LogP contribution in [0.2, 0.25) is 0 Å². The van der Waals surface area contributed by atoms with Gasteiger partial charge in [-0.05, 0) is 13.0 Å². The number of carbonyl (C=O) groups is 1. The molecule has 1 rings (SSSR count). The molecule has 0 bridgehead atoms. The molecule has 1 fully saturated rings. The van der Waals surface area contributed by atoms with Gasteiger partial charge in [0.2, 0.25) is 5.91 Å². The second kappa shape index (κ2) is 5.98. The molecule has 0 radical (unpaired) electrons. The van der Waals surface area contributed by atoms with Crippen molar-refractivity contribution in [2.24, 2.45) is 0 Å². The van der Waals surface area contributed by atoms with E-state index in [-0.39, 0.29) is 5.91 Å². The van der Waals surface area contributed by atoms with Crippen LogP contribution in [0.5, 0.6) is 0 Å². The zero-order valence-corrected chi connectivity index (χ0v) is 9.18. The molecule has 2 N–H and O–H groups in total. The minimum Gasteiger partial charge on any atom is -0.355 e. The van der Waals surface area contributed by atoms with E-state index in [4.69, 9.17) is 0 Å². The zero-order valence-electron chi connectivity index (χ0n) is 9.18. The van der Waals surface area contributed by atoms with Crippen LogP contribution in [0, 0.1) is 0 Å². The lowest BCUT2D eigenvalue weighted by molar-refractivity contribution is -0.119. The largest absolute Gasteiger partial charge is 0.355 e. The molecule has 14 heavy (non-hydrogen) atoms. The van der Waals surface area contributed by atoms with Crippen LogP contribution >= 0.6 is 0 Å². The van der Waals surface area contributed by atoms with E-state index in [1.54, 1.807) is 6.92 Å². The fourth-order valence-electron chi connectivity index (χ4n) is 1.67. The van der Waals surface area contributed by atoms with E-state index >= 15 is 0 Å². The molecule has 4 heteroatoms. The Morgan fingerprint density at radius 2 is 2.21 bits per heavy atom. The molecule has 0 saturated carbocycles. The van der Waals surface area contributed by atoms with Gasteiger partial charge in [-0.25, -0.2) is 0 Å². The first-order chi connectivity index (χ1) is 6.74. The van der Waals surface area contributed by atoms with Gasteiger partial charge in [-0.1, -0.05) is 6.92 Å². The van der Waals surface area contributed by atoms with Crippen LogP contribution in [0.3, 0.4) is 0 Å². The SMILES string of the molecule is CCCN(CCNC(C)=O)C1CNC1. The minimum absolute atomic E-state index is 0.0631. The van der Waals surface area contributed by atoms with Gasteiger partial charge in [-0.2, -0.15) is 0 Å². The number of amides is 1. The van der Waals surface area contributed by atoms with Crippen LogP contribution < -0.4 is 10.6 Å². The summed E-state index contributed by atoms with van der Waals surface area (Å²) in [6.45, 7) is 8.82. The number of hydrogen-bond donors (Lipinski definition) is 2. The first-order valence-corrected chi connectivity index (χ1v) is 5.43. The van der Waals surface area contributed by atoms with Crippen molar-refractivity contribution in [2.75, 3.05) is 32.7 Å². The first-order valence-electron chi connectivity index (χ1n) is 5.43. The lowest BCUT2D eigenvalue weighted by Gasteiger charge is -2.38. The topological polar surface area (TPSA) is 44.4 Å². The van der Waals surface area contributed by atoms with E-state index in [0.29, 0.717) is 6.04 Å². The molecule has 1 heterocycles. The lowest BCUT2D eigenvalue weighted by atomic mass is 10.1. The van der Waals surface area contributed by atoms with Crippen LogP contribution in [0.15, 0.2) is 0 Å². The average Bonchev–Trinajstić information content (AvgIpc) is 2.00. The molecule has 1 saturated heterocycles. The van der Waals surface area contributed by atoms with Gasteiger partial charge in [0.15, 0.2) is 0 Å². The average molecular weight is 199 g/mol. The highest BCUT2D eigenvalue weighted by Gasteiger charge is 2.23. The van der Waals surface area contributed by atoms with Crippen molar-refractivity contribution < 1.29 is 4.79 Å². The molecule has 0 aromatic carbocycles. The lowest BCUT2D eigenvalue weighted by Crippen LogP contribution is -2.58. The first kappa shape index (κ1) is 11.5. The maximum absolute atomic E-state index is 10.7. The van der Waals surface area contributed by atoms with Crippen molar-refractivity contribution in [3.05, 3.63) is 0 Å². The minimum atomic E-state index is 0.0631. The van der Waals surface area contributed by atoms with E-state index in [1.807, 2.05) is 0 Å². The van der Waals surface area contributed by atoms with Gasteiger partial charge in [0, 0.05) is 39.1 Å². The third-order valence-electron chi connectivity index (χ3n) is 2.56. The Morgan fingerprint density at radius 3 is 2.64 bits per heavy atom. The van der Waals surface area contributed by atoms with Gasteiger partial charge in [0.1, 0.15) is 0 Å². The van der Waals surface area contributed by atoms with Crippen molar-refractivity contribution in [3.63, 3.8) is 0 Å². The molecular formula is C10H21N3O. The highest BCUT2D eigenvalue weighted by molar-refractivity contribution is 5.72. The number of hydrogen-bond acceptors (Lipinski definition) is 3. The summed E-state index contributed by atoms with van der Waals surface area (Å²) in [5, 5.41) is 6.11. The van der Waals surface area contributed by atoms with Crippen molar-refractivity contribution >= 4 is 5.91 Å². The van der Waals surface area contributed by atoms with Crippen LogP contribution in [0.25, 0.3) is 0 Å². The summed E-state index contributed by atoms with van der Waals surface area (Å²) in [4.78, 5) is 13.1. The summed E-state index contributed by atoms with van der Waals surface area (Å²) in [5.41, 5.74) is 0. The molecule has 4 nitrogen and oxygen atoms in total. The zero-order chi connectivity index (χ0) is 10.4. The number of carbonyl (C=O) groups excluding carboxylic acids is 1. The molecule has 0 aliphatic carbocycles. The van der Waals surface area contributed by atoms with Crippen molar-refractivity contribution in [3.8, 4) is 0 Å². The predicted molar refractivity (Wildman–Crippen MR) is 57.2 cm³/mol. The van der Waals surface area contributed by atoms with Crippen molar-refractivity contribution in [1.82, 2.24) is 15.5 Å². The summed E-state index contributed by atoms with van der Waals surface area (Å²) in [5.74, 6) is 0.0631. The number of rotatable bonds is 6. The van der Waals surface area contributed by atoms with Crippen LogP contribution in [0.4, 0.5) is 0 Å². The molecule has 0 aromatic rings. The molecule has 0 unspecified atom stereocenters. The molecular weight excluding hydrogens is 178 g/mol. The smallest absolute Gasteiger partial charge is 0.216 e. The van der Waals surface area contributed by atoms with E-state index in [1.165, 1.54) is 6.42 Å². The molecule has 1 amide bonds. The Hall–Kier alpha value is -0.610. The second-order valence-corrected chi connectivity index (χ2v) is 3.83. The third-order valence-corrected chi connectivity index (χ3v) is 2.56. The monoisotopic (exact) mass is 199 g/mol. The Bertz CT molecular complexity index is 180. The Balaban J connectivity index is 2.17. The molecule has 1 aliphatic rings. The predicted octanol–water partition coefficient (Wildman–Crippen LogP) is -0.194. The summed E-state index contributed by atoms with van der Waals surface area (Å²) in [6, 6.07) is 0.684. The number of nitrogens with one attached hydrogen (secondary N) is 2. The molecule has 82 valence electrons. The van der Waals surface area contributed by atoms with Crippen LogP contribution in [-0.2, 0) is 4.79 Å². The van der Waals surface area contributed by atoms with E-state index in [2.05, 4.69) is 22.5 Å². The summed E-state index contributed by atoms with van der Waals surface area (Å²) < 4.78 is 0. The molecule has 0 spiro atoms. The van der Waals surface area contributed by atoms with E-state index in [0.717, 1.165) is 32.7 Å². The quantitative estimate of drug-likeness (QED) is 0.623. The number of nitrogens with zero attached hydrogens (tertiary/aromatic N) is 1. The van der Waals surface area contributed by atoms with Gasteiger partial charge in [0.05, 0.1) is 0 Å². The van der Waals surface area contributed by atoms with Crippen molar-refractivity contribution in [2.45, 2.75) is 26.3 Å². The van der Waals surface area contributed by atoms with E-state index < -0.39 is 0 Å². The van der Waals surface area contributed by atoms with Crippen LogP contribution in [-0.4, -0.2) is 49.6 Å². The van der Waals surface area contributed by atoms with Gasteiger partial charge in [-0.15, -0.1) is 0 Å². The Kier molecular flexibility index (Phi) is 4.90. The van der Waals surface area contributed by atoms with Gasteiger partial charge < -0.3 is 10.6 Å². The standard InChI is InChI=1S/C10H21N3O/c1-3-5-13(10-7-11-8-10)6-4-12-9(2)14/h10-11H,3-8H2,1-2H3,(H,12,14). The third kappa shape index (κ3) is 3.64. The summed E-state index contributed by atoms with van der Waals surface area (Å²) in [6.07, 6.45) is 1.18. The summed E-state index contributed by atoms with van der Waals surface area (Å²) in [7, 11) is 0. The van der Waals surface area contributed by atoms with Gasteiger partial charge in [0.25, 0.3) is 0 Å². The second-order valence-electron chi connectivity index (χ2n) is 3.83. The van der Waals surface area contributed by atoms with E-state index in [9.17, 15) is 4.79 Å². The maximum Gasteiger partial charge on any atom is 0.216 e. The summed E-state index contributed by atoms with van der Waals surface area (Å²) >= 11 is 0. The molecule has 0 atom stereocenters. The molecule has 0 aromatic heterocycles. The van der Waals surface area contributed by atoms with Gasteiger partial charge >= 0.3 is 0 Å². The Morgan fingerprint density at radius 1 is 1.50 bits per heavy atom. The fourth-order valence-corrected chi connectivity index (χ4v) is 1.67. The van der Waals surface area contributed by atoms with Crippen molar-refractivity contribution in [1.29, 1.82) is 0 Å². The van der Waals surface area contributed by atoms with Gasteiger partial charge in [-0.3, -0.25) is 9.69 Å². The Labute approximate surface area is 86.0 Å². The highest BCUT2D eigenvalue weighted by atomic mass is 16.1. The molecule has 1 aliphatic heterocycles. The fraction of sp³-hybridized carbons (Fsp3) is 0.900. The van der Waals surface area contributed by atoms with Crippen LogP contribution in [0.1, 0.15) is 20.3 Å². The maximum atomic E-state index is 10.7.